The van der Waals surface area contributed by atoms with Crippen molar-refractivity contribution < 1.29 is 14.7 Å². The number of hydroxylamine groups is 1. The lowest BCUT2D eigenvalue weighted by atomic mass is 9.77. The zero-order chi connectivity index (χ0) is 25.5. The predicted octanol–water partition coefficient (Wildman–Crippen LogP) is 6.33. The summed E-state index contributed by atoms with van der Waals surface area (Å²) in [4.78, 5) is 17.7. The molecule has 1 aromatic heterocycles. The van der Waals surface area contributed by atoms with E-state index in [9.17, 15) is 4.79 Å². The van der Waals surface area contributed by atoms with Crippen LogP contribution in [0.3, 0.4) is 0 Å². The van der Waals surface area contributed by atoms with Gasteiger partial charge in [-0.2, -0.15) is 0 Å². The maximum Gasteiger partial charge on any atom is 0.335 e. The minimum Gasteiger partial charge on any atom is -0.478 e. The number of carbonyl (C=O) groups is 1. The minimum atomic E-state index is -1.11. The van der Waals surface area contributed by atoms with Crippen LogP contribution in [-0.4, -0.2) is 19.6 Å². The second-order valence-corrected chi connectivity index (χ2v) is 12.8. The Labute approximate surface area is 210 Å². The summed E-state index contributed by atoms with van der Waals surface area (Å²) in [6.45, 7) is 15.6. The summed E-state index contributed by atoms with van der Waals surface area (Å²) >= 11 is 0. The molecule has 0 saturated carbocycles. The summed E-state index contributed by atoms with van der Waals surface area (Å²) in [5.41, 5.74) is 7.46. The summed E-state index contributed by atoms with van der Waals surface area (Å²) in [6, 6.07) is 17.4. The van der Waals surface area contributed by atoms with Crippen LogP contribution in [0.1, 0.15) is 83.9 Å². The SMILES string of the molecule is Cc1ccc[si](N2OC2(c2ccc(C#Cc3ccc(C(=O)O)cc3)cc2C(C)C)C(C)(C)C)c1C. The number of benzene rings is 2. The molecule has 1 aliphatic heterocycles. The Bertz CT molecular complexity index is 1340. The van der Waals surface area contributed by atoms with Crippen molar-refractivity contribution in [3.8, 4) is 11.8 Å². The van der Waals surface area contributed by atoms with Crippen LogP contribution in [0.15, 0.2) is 60.3 Å². The number of nitrogens with zero attached hydrogens (tertiary/aromatic N) is 1. The topological polar surface area (TPSA) is 52.8 Å². The first-order valence-electron chi connectivity index (χ1n) is 12.0. The van der Waals surface area contributed by atoms with Crippen LogP contribution in [0.2, 0.25) is 0 Å². The molecule has 1 N–H and O–H groups in total. The molecule has 3 aromatic rings. The summed E-state index contributed by atoms with van der Waals surface area (Å²) in [5, 5.41) is 10.5. The summed E-state index contributed by atoms with van der Waals surface area (Å²) in [7, 11) is -1.11. The van der Waals surface area contributed by atoms with Crippen LogP contribution in [-0.2, 0) is 10.6 Å². The summed E-state index contributed by atoms with van der Waals surface area (Å²) < 4.78 is 2.26. The highest BCUT2D eigenvalue weighted by atomic mass is 28.2. The molecule has 0 spiro atoms. The molecular weight excluding hydrogens is 450 g/mol. The van der Waals surface area contributed by atoms with Crippen LogP contribution in [0.25, 0.3) is 0 Å². The van der Waals surface area contributed by atoms with Crippen LogP contribution >= 0.6 is 0 Å². The van der Waals surface area contributed by atoms with Gasteiger partial charge in [-0.05, 0) is 66.9 Å². The molecule has 1 unspecified atom stereocenters. The number of carboxylic acids is 1. The maximum absolute atomic E-state index is 11.1. The monoisotopic (exact) mass is 483 g/mol. The number of hydrogen-bond acceptors (Lipinski definition) is 3. The van der Waals surface area contributed by atoms with E-state index in [1.807, 2.05) is 0 Å². The third-order valence-electron chi connectivity index (χ3n) is 6.81. The molecule has 0 amide bonds. The molecule has 4 rings (SSSR count). The van der Waals surface area contributed by atoms with Gasteiger partial charge in [-0.25, -0.2) is 14.4 Å². The van der Waals surface area contributed by atoms with E-state index in [4.69, 9.17) is 9.94 Å². The molecule has 0 radical (unpaired) electrons. The molecule has 1 atom stereocenters. The van der Waals surface area contributed by atoms with Crippen molar-refractivity contribution in [2.75, 3.05) is 4.73 Å². The van der Waals surface area contributed by atoms with E-state index >= 15 is 0 Å². The number of aryl methyl sites for hydroxylation is 1. The highest BCUT2D eigenvalue weighted by Crippen LogP contribution is 2.56. The normalized spacial score (nSPS) is 17.2. The first-order valence-corrected chi connectivity index (χ1v) is 13.5. The molecular formula is C30H33NO3Si. The van der Waals surface area contributed by atoms with Gasteiger partial charge in [0.05, 0.1) is 5.56 Å². The van der Waals surface area contributed by atoms with Gasteiger partial charge in [-0.3, -0.25) is 0 Å². The van der Waals surface area contributed by atoms with Gasteiger partial charge < -0.3 is 5.11 Å². The smallest absolute Gasteiger partial charge is 0.335 e. The van der Waals surface area contributed by atoms with Crippen molar-refractivity contribution in [3.05, 3.63) is 98.8 Å². The Morgan fingerprint density at radius 3 is 2.26 bits per heavy atom. The van der Waals surface area contributed by atoms with Crippen molar-refractivity contribution in [3.63, 3.8) is 0 Å². The second kappa shape index (κ2) is 9.11. The molecule has 2 aromatic carbocycles. The van der Waals surface area contributed by atoms with E-state index < -0.39 is 20.3 Å². The van der Waals surface area contributed by atoms with Crippen molar-refractivity contribution in [2.45, 2.75) is 60.1 Å². The van der Waals surface area contributed by atoms with E-state index in [-0.39, 0.29) is 11.0 Å². The third-order valence-corrected chi connectivity index (χ3v) is 9.32. The summed E-state index contributed by atoms with van der Waals surface area (Å²) in [6.07, 6.45) is 0. The third kappa shape index (κ3) is 4.56. The Balaban J connectivity index is 1.74. The molecule has 2 heterocycles. The molecule has 5 heteroatoms. The van der Waals surface area contributed by atoms with Crippen LogP contribution in [0.5, 0.6) is 0 Å². The highest BCUT2D eigenvalue weighted by Gasteiger charge is 2.65. The first-order chi connectivity index (χ1) is 16.5. The predicted molar refractivity (Wildman–Crippen MR) is 142 cm³/mol. The Kier molecular flexibility index (Phi) is 6.48. The fourth-order valence-corrected chi connectivity index (χ4v) is 7.04. The van der Waals surface area contributed by atoms with Gasteiger partial charge in [-0.15, -0.1) is 0 Å². The van der Waals surface area contributed by atoms with Gasteiger partial charge in [0, 0.05) is 22.1 Å². The van der Waals surface area contributed by atoms with Gasteiger partial charge in [0.1, 0.15) is 0 Å². The van der Waals surface area contributed by atoms with E-state index in [1.54, 1.807) is 24.3 Å². The average Bonchev–Trinajstić information content (AvgIpc) is 3.56. The van der Waals surface area contributed by atoms with Gasteiger partial charge in [0.2, 0.25) is 5.72 Å². The maximum atomic E-state index is 11.1. The largest absolute Gasteiger partial charge is 0.478 e. The van der Waals surface area contributed by atoms with Crippen molar-refractivity contribution in [1.82, 2.24) is 0 Å². The lowest BCUT2D eigenvalue weighted by Gasteiger charge is -2.30. The highest BCUT2D eigenvalue weighted by molar-refractivity contribution is 6.57. The fourth-order valence-electron chi connectivity index (χ4n) is 4.56. The van der Waals surface area contributed by atoms with Crippen LogP contribution < -0.4 is 4.73 Å². The number of carboxylic acid groups (broad SMARTS) is 1. The Morgan fingerprint density at radius 2 is 1.66 bits per heavy atom. The Morgan fingerprint density at radius 1 is 1.03 bits per heavy atom. The number of aromatic carboxylic acids is 1. The van der Waals surface area contributed by atoms with Gasteiger partial charge in [-0.1, -0.05) is 75.9 Å². The molecule has 0 aliphatic carbocycles. The zero-order valence-electron chi connectivity index (χ0n) is 21.6. The molecule has 180 valence electrons. The average molecular weight is 484 g/mol. The van der Waals surface area contributed by atoms with Gasteiger partial charge in [0.15, 0.2) is 8.56 Å². The van der Waals surface area contributed by atoms with E-state index in [1.165, 1.54) is 21.9 Å². The van der Waals surface area contributed by atoms with E-state index in [0.717, 1.165) is 11.1 Å². The van der Waals surface area contributed by atoms with Crippen LogP contribution in [0, 0.1) is 31.1 Å². The standard InChI is InChI=1S/C30H33NO3Si/c1-20(2)26-19-24(11-10-23-12-15-25(16-13-23)28(32)33)14-17-27(26)30(29(5,6)7)31(34-30)35-18-8-9-21(3)22(35)4/h8-9,12-20H,1-7H3,(H,32,33). The second-order valence-electron chi connectivity index (χ2n) is 10.6. The molecule has 1 aliphatic rings. The minimum absolute atomic E-state index is 0.128. The lowest BCUT2D eigenvalue weighted by Crippen LogP contribution is -2.37. The number of rotatable bonds is 4. The fraction of sp³-hybridized carbons (Fsp3) is 0.333. The molecule has 1 saturated heterocycles. The van der Waals surface area contributed by atoms with Crippen molar-refractivity contribution in [1.29, 1.82) is 0 Å². The lowest BCUT2D eigenvalue weighted by molar-refractivity contribution is 0.0697. The Hall–Kier alpha value is -3.20. The molecule has 1 fully saturated rings. The van der Waals surface area contributed by atoms with Gasteiger partial charge in [0.25, 0.3) is 0 Å². The first kappa shape index (κ1) is 24.9. The zero-order valence-corrected chi connectivity index (χ0v) is 22.6. The summed E-state index contributed by atoms with van der Waals surface area (Å²) in [5.74, 6) is 5.80. The van der Waals surface area contributed by atoms with Crippen molar-refractivity contribution in [2.24, 2.45) is 5.41 Å². The van der Waals surface area contributed by atoms with E-state index in [2.05, 4.69) is 101 Å². The molecule has 35 heavy (non-hydrogen) atoms. The van der Waals surface area contributed by atoms with Crippen LogP contribution in [0.4, 0.5) is 0 Å². The quantitative estimate of drug-likeness (QED) is 0.268. The molecule has 0 bridgehead atoms. The molecule has 4 nitrogen and oxygen atoms in total. The van der Waals surface area contributed by atoms with Crippen molar-refractivity contribution >= 4 is 14.5 Å². The number of hydrogen-bond donors (Lipinski definition) is 1. The van der Waals surface area contributed by atoms with Gasteiger partial charge >= 0.3 is 5.97 Å². The van der Waals surface area contributed by atoms with E-state index in [0.29, 0.717) is 5.92 Å².